The highest BCUT2D eigenvalue weighted by Gasteiger charge is 2.30. The zero-order valence-electron chi connectivity index (χ0n) is 21.2. The van der Waals surface area contributed by atoms with Gasteiger partial charge in [0.2, 0.25) is 0 Å². The molecule has 4 aromatic carbocycles. The van der Waals surface area contributed by atoms with Gasteiger partial charge in [-0.3, -0.25) is 14.5 Å². The third-order valence-electron chi connectivity index (χ3n) is 6.55. The van der Waals surface area contributed by atoms with Crippen molar-refractivity contribution in [2.24, 2.45) is 0 Å². The van der Waals surface area contributed by atoms with Crippen LogP contribution in [0.2, 0.25) is 0 Å². The average Bonchev–Trinajstić information content (AvgIpc) is 3.32. The van der Waals surface area contributed by atoms with E-state index in [1.807, 2.05) is 72.8 Å². The Morgan fingerprint density at radius 3 is 2.05 bits per heavy atom. The third-order valence-corrected chi connectivity index (χ3v) is 7.93. The van der Waals surface area contributed by atoms with Gasteiger partial charge in [-0.15, -0.1) is 0 Å². The van der Waals surface area contributed by atoms with Crippen molar-refractivity contribution in [3.05, 3.63) is 139 Å². The highest BCUT2D eigenvalue weighted by molar-refractivity contribution is 7.92. The fraction of sp³-hybridized carbons (Fsp3) is 0. The van der Waals surface area contributed by atoms with Crippen molar-refractivity contribution in [1.29, 1.82) is 0 Å². The van der Waals surface area contributed by atoms with E-state index in [4.69, 9.17) is 0 Å². The molecule has 0 spiro atoms. The molecule has 6 rings (SSSR count). The van der Waals surface area contributed by atoms with Crippen molar-refractivity contribution in [2.75, 3.05) is 15.4 Å². The van der Waals surface area contributed by atoms with Gasteiger partial charge in [0.1, 0.15) is 0 Å². The van der Waals surface area contributed by atoms with Gasteiger partial charge < -0.3 is 10.6 Å². The highest BCUT2D eigenvalue weighted by atomic mass is 32.2. The summed E-state index contributed by atoms with van der Waals surface area (Å²) < 4.78 is 29.0. The summed E-state index contributed by atoms with van der Waals surface area (Å²) in [6, 6.07) is 34.6. The number of hydrogen-bond donors (Lipinski definition) is 3. The van der Waals surface area contributed by atoms with E-state index in [1.165, 1.54) is 12.1 Å². The minimum absolute atomic E-state index is 0.0539. The van der Waals surface area contributed by atoms with Crippen LogP contribution in [0, 0.1) is 0 Å². The Morgan fingerprint density at radius 2 is 1.35 bits per heavy atom. The molecule has 2 heterocycles. The second kappa shape index (κ2) is 10.5. The average molecular weight is 545 g/mol. The zero-order valence-corrected chi connectivity index (χ0v) is 22.0. The Labute approximate surface area is 232 Å². The number of rotatable bonds is 7. The van der Waals surface area contributed by atoms with Gasteiger partial charge in [0.15, 0.2) is 0 Å². The number of nitrogens with zero attached hydrogens (tertiary/aromatic N) is 1. The topological polar surface area (TPSA) is 100 Å². The quantitative estimate of drug-likeness (QED) is 0.204. The number of amides is 1. The maximum Gasteiger partial charge on any atom is 0.261 e. The normalized spacial score (nSPS) is 13.8. The molecule has 7 nitrogen and oxygen atoms in total. The fourth-order valence-corrected chi connectivity index (χ4v) is 5.68. The summed E-state index contributed by atoms with van der Waals surface area (Å²) in [6.07, 6.45) is 3.50. The lowest BCUT2D eigenvalue weighted by Gasteiger charge is -2.16. The number of benzene rings is 4. The SMILES string of the molecule is O=C1Nc2ccc(S(=O)(=O)Nc3ccccc3)cc2C1=C(Nc1ccc(-c2ccncc2)cc1)c1ccccc1. The van der Waals surface area contributed by atoms with Crippen molar-refractivity contribution in [3.63, 3.8) is 0 Å². The van der Waals surface area contributed by atoms with Gasteiger partial charge in [-0.2, -0.15) is 0 Å². The van der Waals surface area contributed by atoms with Gasteiger partial charge in [0.25, 0.3) is 15.9 Å². The van der Waals surface area contributed by atoms with Crippen LogP contribution in [0.3, 0.4) is 0 Å². The van der Waals surface area contributed by atoms with Crippen LogP contribution in [0.25, 0.3) is 22.4 Å². The lowest BCUT2D eigenvalue weighted by Crippen LogP contribution is -2.13. The molecule has 0 atom stereocenters. The van der Waals surface area contributed by atoms with E-state index in [0.29, 0.717) is 28.2 Å². The van der Waals surface area contributed by atoms with Gasteiger partial charge in [0.05, 0.1) is 16.2 Å². The maximum absolute atomic E-state index is 13.3. The van der Waals surface area contributed by atoms with Gasteiger partial charge in [-0.25, -0.2) is 8.42 Å². The lowest BCUT2D eigenvalue weighted by molar-refractivity contribution is -0.110. The van der Waals surface area contributed by atoms with Crippen LogP contribution >= 0.6 is 0 Å². The summed E-state index contributed by atoms with van der Waals surface area (Å²) in [6.45, 7) is 0. The van der Waals surface area contributed by atoms with Gasteiger partial charge >= 0.3 is 0 Å². The first-order valence-electron chi connectivity index (χ1n) is 12.6. The second-order valence-corrected chi connectivity index (χ2v) is 10.9. The van der Waals surface area contributed by atoms with Crippen LogP contribution in [0.15, 0.2) is 133 Å². The molecule has 0 bridgehead atoms. The van der Waals surface area contributed by atoms with E-state index in [0.717, 1.165) is 22.4 Å². The van der Waals surface area contributed by atoms with Crippen molar-refractivity contribution in [1.82, 2.24) is 4.98 Å². The summed E-state index contributed by atoms with van der Waals surface area (Å²) in [5, 5.41) is 6.31. The molecule has 40 heavy (non-hydrogen) atoms. The third kappa shape index (κ3) is 5.08. The van der Waals surface area contributed by atoms with Crippen LogP contribution in [-0.2, 0) is 14.8 Å². The molecule has 0 fully saturated rings. The Morgan fingerprint density at radius 1 is 0.700 bits per heavy atom. The minimum atomic E-state index is -3.89. The number of pyridine rings is 1. The number of nitrogens with one attached hydrogen (secondary N) is 3. The molecule has 196 valence electrons. The van der Waals surface area contributed by atoms with Crippen molar-refractivity contribution in [2.45, 2.75) is 4.90 Å². The monoisotopic (exact) mass is 544 g/mol. The molecular weight excluding hydrogens is 520 g/mol. The smallest absolute Gasteiger partial charge is 0.261 e. The molecule has 0 radical (unpaired) electrons. The summed E-state index contributed by atoms with van der Waals surface area (Å²) in [7, 11) is -3.89. The van der Waals surface area contributed by atoms with Crippen LogP contribution in [0.4, 0.5) is 17.1 Å². The number of para-hydroxylation sites is 1. The first-order chi connectivity index (χ1) is 19.5. The summed E-state index contributed by atoms with van der Waals surface area (Å²) >= 11 is 0. The molecule has 8 heteroatoms. The van der Waals surface area contributed by atoms with Gasteiger partial charge in [0, 0.05) is 35.0 Å². The van der Waals surface area contributed by atoms with E-state index in [-0.39, 0.29) is 10.8 Å². The predicted molar refractivity (Wildman–Crippen MR) is 159 cm³/mol. The molecule has 1 aromatic heterocycles. The Balaban J connectivity index is 1.42. The van der Waals surface area contributed by atoms with E-state index in [2.05, 4.69) is 20.3 Å². The molecule has 1 aliphatic rings. The highest BCUT2D eigenvalue weighted by Crippen LogP contribution is 2.39. The number of hydrogen-bond acceptors (Lipinski definition) is 5. The summed E-state index contributed by atoms with van der Waals surface area (Å²) in [5.41, 5.74) is 6.07. The number of fused-ring (bicyclic) bond motifs is 1. The first-order valence-corrected chi connectivity index (χ1v) is 14.1. The Hall–Kier alpha value is -5.21. The molecular formula is C32H24N4O3S. The van der Waals surface area contributed by atoms with E-state index < -0.39 is 10.0 Å². The zero-order chi connectivity index (χ0) is 27.5. The van der Waals surface area contributed by atoms with Crippen molar-refractivity contribution < 1.29 is 13.2 Å². The van der Waals surface area contributed by atoms with E-state index in [9.17, 15) is 13.2 Å². The van der Waals surface area contributed by atoms with E-state index in [1.54, 1.807) is 42.7 Å². The molecule has 3 N–H and O–H groups in total. The fourth-order valence-electron chi connectivity index (χ4n) is 4.60. The van der Waals surface area contributed by atoms with Gasteiger partial charge in [-0.05, 0) is 71.3 Å². The van der Waals surface area contributed by atoms with Crippen molar-refractivity contribution in [3.8, 4) is 11.1 Å². The van der Waals surface area contributed by atoms with Crippen LogP contribution < -0.4 is 15.4 Å². The Bertz CT molecular complexity index is 1820. The molecule has 0 unspecified atom stereocenters. The molecule has 0 aliphatic carbocycles. The molecule has 0 saturated carbocycles. The number of carbonyl (C=O) groups excluding carboxylic acids is 1. The maximum atomic E-state index is 13.3. The van der Waals surface area contributed by atoms with Crippen molar-refractivity contribution >= 4 is 44.3 Å². The van der Waals surface area contributed by atoms with E-state index >= 15 is 0 Å². The number of carbonyl (C=O) groups is 1. The summed E-state index contributed by atoms with van der Waals surface area (Å²) in [5.74, 6) is -0.319. The van der Waals surface area contributed by atoms with Gasteiger partial charge in [-0.1, -0.05) is 60.7 Å². The van der Waals surface area contributed by atoms with Crippen LogP contribution in [0.1, 0.15) is 11.1 Å². The lowest BCUT2D eigenvalue weighted by atomic mass is 10.00. The predicted octanol–water partition coefficient (Wildman–Crippen LogP) is 6.48. The molecule has 0 saturated heterocycles. The Kier molecular flexibility index (Phi) is 6.59. The number of sulfonamides is 1. The molecule has 1 amide bonds. The minimum Gasteiger partial charge on any atom is -0.354 e. The number of aromatic nitrogens is 1. The van der Waals surface area contributed by atoms with Crippen LogP contribution in [0.5, 0.6) is 0 Å². The summed E-state index contributed by atoms with van der Waals surface area (Å²) in [4.78, 5) is 17.5. The largest absolute Gasteiger partial charge is 0.354 e. The van der Waals surface area contributed by atoms with Crippen LogP contribution in [-0.4, -0.2) is 19.3 Å². The standard InChI is InChI=1S/C32H24N4O3S/c37-32-30(28-21-27(15-16-29(28)35-32)40(38,39)36-26-9-5-2-6-10-26)31(24-7-3-1-4-8-24)34-25-13-11-22(12-14-25)23-17-19-33-20-18-23/h1-21,34,36H,(H,35,37). The second-order valence-electron chi connectivity index (χ2n) is 9.19. The molecule has 5 aromatic rings. The molecule has 1 aliphatic heterocycles. The number of anilines is 3. The first kappa shape index (κ1) is 25.1.